The molecule has 0 bridgehead atoms. The van der Waals surface area contributed by atoms with E-state index < -0.39 is 0 Å². The fourth-order valence-corrected chi connectivity index (χ4v) is 1.82. The largest absolute Gasteiger partial charge is 0.496 e. The minimum atomic E-state index is 0.114. The van der Waals surface area contributed by atoms with Crippen LogP contribution in [0, 0.1) is 0 Å². The molecule has 1 aromatic rings. The van der Waals surface area contributed by atoms with Crippen molar-refractivity contribution in [3.05, 3.63) is 41.9 Å². The Balaban J connectivity index is 2.14. The van der Waals surface area contributed by atoms with Gasteiger partial charge < -0.3 is 10.1 Å². The van der Waals surface area contributed by atoms with Gasteiger partial charge >= 0.3 is 0 Å². The number of ether oxygens (including phenoxy) is 1. The Morgan fingerprint density at radius 2 is 2.44 bits per heavy atom. The van der Waals surface area contributed by atoms with Gasteiger partial charge in [-0.25, -0.2) is 0 Å². The number of rotatable bonds is 5. The van der Waals surface area contributed by atoms with Crippen LogP contribution in [0.4, 0.5) is 0 Å². The predicted molar refractivity (Wildman–Crippen MR) is 63.9 cm³/mol. The summed E-state index contributed by atoms with van der Waals surface area (Å²) in [6, 6.07) is 6.10. The van der Waals surface area contributed by atoms with Crippen LogP contribution < -0.4 is 5.32 Å². The fourth-order valence-electron chi connectivity index (χ4n) is 1.82. The second-order valence-corrected chi connectivity index (χ2v) is 3.89. The van der Waals surface area contributed by atoms with Crippen molar-refractivity contribution >= 4 is 0 Å². The SMILES string of the molecule is CCCNC(C1=CCCO1)c1ccccn1. The van der Waals surface area contributed by atoms with Crippen LogP contribution in [0.25, 0.3) is 0 Å². The summed E-state index contributed by atoms with van der Waals surface area (Å²) >= 11 is 0. The molecule has 1 aliphatic rings. The van der Waals surface area contributed by atoms with Crippen LogP contribution in [-0.2, 0) is 4.74 Å². The third-order valence-corrected chi connectivity index (χ3v) is 2.60. The van der Waals surface area contributed by atoms with E-state index in [1.54, 1.807) is 0 Å². The van der Waals surface area contributed by atoms with Crippen molar-refractivity contribution in [2.24, 2.45) is 0 Å². The molecule has 1 aliphatic heterocycles. The first-order chi connectivity index (χ1) is 7.92. The maximum Gasteiger partial charge on any atom is 0.115 e. The molecule has 0 fully saturated rings. The van der Waals surface area contributed by atoms with Crippen LogP contribution in [0.5, 0.6) is 0 Å². The quantitative estimate of drug-likeness (QED) is 0.824. The lowest BCUT2D eigenvalue weighted by Gasteiger charge is -2.18. The Labute approximate surface area is 96.5 Å². The molecule has 1 unspecified atom stereocenters. The maximum atomic E-state index is 5.63. The van der Waals surface area contributed by atoms with Crippen molar-refractivity contribution in [2.45, 2.75) is 25.8 Å². The molecular formula is C13H18N2O. The molecule has 1 aromatic heterocycles. The molecule has 0 radical (unpaired) electrons. The highest BCUT2D eigenvalue weighted by atomic mass is 16.5. The molecule has 3 heteroatoms. The van der Waals surface area contributed by atoms with Crippen molar-refractivity contribution in [1.29, 1.82) is 0 Å². The van der Waals surface area contributed by atoms with E-state index in [-0.39, 0.29) is 6.04 Å². The van der Waals surface area contributed by atoms with Crippen LogP contribution in [0.15, 0.2) is 36.2 Å². The number of pyridine rings is 1. The molecule has 2 rings (SSSR count). The van der Waals surface area contributed by atoms with Gasteiger partial charge in [-0.3, -0.25) is 4.98 Å². The Morgan fingerprint density at radius 3 is 3.06 bits per heavy atom. The molecule has 0 saturated heterocycles. The van der Waals surface area contributed by atoms with Crippen molar-refractivity contribution < 1.29 is 4.74 Å². The highest BCUT2D eigenvalue weighted by Crippen LogP contribution is 2.24. The van der Waals surface area contributed by atoms with Crippen LogP contribution >= 0.6 is 0 Å². The minimum Gasteiger partial charge on any atom is -0.496 e. The first-order valence-electron chi connectivity index (χ1n) is 5.89. The molecule has 0 spiro atoms. The fraction of sp³-hybridized carbons (Fsp3) is 0.462. The zero-order chi connectivity index (χ0) is 11.2. The molecule has 86 valence electrons. The summed E-state index contributed by atoms with van der Waals surface area (Å²) in [5.41, 5.74) is 1.03. The summed E-state index contributed by atoms with van der Waals surface area (Å²) in [5.74, 6) is 1.02. The van der Waals surface area contributed by atoms with Crippen LogP contribution in [0.2, 0.25) is 0 Å². The molecule has 16 heavy (non-hydrogen) atoms. The minimum absolute atomic E-state index is 0.114. The van der Waals surface area contributed by atoms with Gasteiger partial charge in [-0.05, 0) is 31.2 Å². The Hall–Kier alpha value is -1.35. The Morgan fingerprint density at radius 1 is 1.50 bits per heavy atom. The van der Waals surface area contributed by atoms with E-state index in [0.717, 1.165) is 37.4 Å². The number of nitrogens with one attached hydrogen (secondary N) is 1. The molecule has 0 aliphatic carbocycles. The molecule has 0 amide bonds. The van der Waals surface area contributed by atoms with Crippen molar-refractivity contribution in [2.75, 3.05) is 13.2 Å². The lowest BCUT2D eigenvalue weighted by molar-refractivity contribution is 0.214. The van der Waals surface area contributed by atoms with E-state index in [4.69, 9.17) is 4.74 Å². The van der Waals surface area contributed by atoms with Gasteiger partial charge in [-0.2, -0.15) is 0 Å². The smallest absolute Gasteiger partial charge is 0.115 e. The van der Waals surface area contributed by atoms with E-state index in [1.807, 2.05) is 24.4 Å². The average molecular weight is 218 g/mol. The summed E-state index contributed by atoms with van der Waals surface area (Å²) in [4.78, 5) is 4.39. The first kappa shape index (κ1) is 11.1. The maximum absolute atomic E-state index is 5.63. The van der Waals surface area contributed by atoms with Gasteiger partial charge in [0.1, 0.15) is 11.8 Å². The van der Waals surface area contributed by atoms with Crippen LogP contribution in [-0.4, -0.2) is 18.1 Å². The molecule has 0 saturated carbocycles. The van der Waals surface area contributed by atoms with Gasteiger partial charge in [-0.1, -0.05) is 13.0 Å². The van der Waals surface area contributed by atoms with E-state index in [0.29, 0.717) is 0 Å². The zero-order valence-electron chi connectivity index (χ0n) is 9.65. The van der Waals surface area contributed by atoms with Gasteiger partial charge in [0.15, 0.2) is 0 Å². The number of hydrogen-bond acceptors (Lipinski definition) is 3. The van der Waals surface area contributed by atoms with E-state index in [1.165, 1.54) is 0 Å². The van der Waals surface area contributed by atoms with Gasteiger partial charge in [0, 0.05) is 12.6 Å². The van der Waals surface area contributed by atoms with Gasteiger partial charge in [0.05, 0.1) is 12.3 Å². The summed E-state index contributed by atoms with van der Waals surface area (Å²) in [6.45, 7) is 3.93. The molecular weight excluding hydrogens is 200 g/mol. The van der Waals surface area contributed by atoms with Crippen molar-refractivity contribution in [3.8, 4) is 0 Å². The predicted octanol–water partition coefficient (Wildman–Crippen LogP) is 2.43. The Bertz CT molecular complexity index is 348. The highest BCUT2D eigenvalue weighted by Gasteiger charge is 2.20. The van der Waals surface area contributed by atoms with Gasteiger partial charge in [-0.15, -0.1) is 0 Å². The number of aromatic nitrogens is 1. The summed E-state index contributed by atoms with van der Waals surface area (Å²) in [5, 5.41) is 3.47. The zero-order valence-corrected chi connectivity index (χ0v) is 9.65. The van der Waals surface area contributed by atoms with Crippen molar-refractivity contribution in [1.82, 2.24) is 10.3 Å². The molecule has 3 nitrogen and oxygen atoms in total. The number of nitrogens with zero attached hydrogens (tertiary/aromatic N) is 1. The second kappa shape index (κ2) is 5.66. The van der Waals surface area contributed by atoms with Crippen LogP contribution in [0.3, 0.4) is 0 Å². The van der Waals surface area contributed by atoms with E-state index >= 15 is 0 Å². The number of hydrogen-bond donors (Lipinski definition) is 1. The molecule has 2 heterocycles. The van der Waals surface area contributed by atoms with Crippen molar-refractivity contribution in [3.63, 3.8) is 0 Å². The molecule has 1 N–H and O–H groups in total. The van der Waals surface area contributed by atoms with Gasteiger partial charge in [0.2, 0.25) is 0 Å². The van der Waals surface area contributed by atoms with E-state index in [9.17, 15) is 0 Å². The molecule has 0 aromatic carbocycles. The normalized spacial score (nSPS) is 16.7. The van der Waals surface area contributed by atoms with Crippen LogP contribution in [0.1, 0.15) is 31.5 Å². The average Bonchev–Trinajstić information content (AvgIpc) is 2.85. The third-order valence-electron chi connectivity index (χ3n) is 2.60. The van der Waals surface area contributed by atoms with E-state index in [2.05, 4.69) is 23.3 Å². The Kier molecular flexibility index (Phi) is 3.94. The topological polar surface area (TPSA) is 34.1 Å². The third kappa shape index (κ3) is 2.61. The summed E-state index contributed by atoms with van der Waals surface area (Å²) in [7, 11) is 0. The standard InChI is InChI=1S/C13H18N2O/c1-2-8-15-13(12-7-5-10-16-12)11-6-3-4-9-14-11/h3-4,6-7,9,13,15H,2,5,8,10H2,1H3. The molecule has 1 atom stereocenters. The highest BCUT2D eigenvalue weighted by molar-refractivity contribution is 5.20. The monoisotopic (exact) mass is 218 g/mol. The lowest BCUT2D eigenvalue weighted by atomic mass is 10.1. The van der Waals surface area contributed by atoms with Gasteiger partial charge in [0.25, 0.3) is 0 Å². The summed E-state index contributed by atoms with van der Waals surface area (Å²) in [6.07, 6.45) is 6.09. The summed E-state index contributed by atoms with van der Waals surface area (Å²) < 4.78 is 5.63. The second-order valence-electron chi connectivity index (χ2n) is 3.89. The lowest BCUT2D eigenvalue weighted by Crippen LogP contribution is -2.25. The first-order valence-corrected chi connectivity index (χ1v) is 5.89.